The number of aryl methyl sites for hydroxylation is 2. The number of rotatable bonds is 5. The lowest BCUT2D eigenvalue weighted by Crippen LogP contribution is -2.24. The molecule has 1 N–H and O–H groups in total. The average molecular weight is 338 g/mol. The highest BCUT2D eigenvalue weighted by molar-refractivity contribution is 9.11. The first-order chi connectivity index (χ1) is 9.13. The van der Waals surface area contributed by atoms with Gasteiger partial charge in [-0.05, 0) is 71.6 Å². The highest BCUT2D eigenvalue weighted by Crippen LogP contribution is 2.34. The van der Waals surface area contributed by atoms with Gasteiger partial charge in [0.05, 0.1) is 9.83 Å². The van der Waals surface area contributed by atoms with E-state index in [1.54, 1.807) is 0 Å². The van der Waals surface area contributed by atoms with E-state index in [0.29, 0.717) is 6.04 Å². The molecule has 0 radical (unpaired) electrons. The Balaban J connectivity index is 2.42. The minimum atomic E-state index is 0.303. The lowest BCUT2D eigenvalue weighted by Gasteiger charge is -2.22. The number of nitrogens with one attached hydrogen (secondary N) is 1. The first-order valence-electron chi connectivity index (χ1n) is 6.68. The van der Waals surface area contributed by atoms with Crippen LogP contribution in [-0.4, -0.2) is 6.54 Å². The summed E-state index contributed by atoms with van der Waals surface area (Å²) in [6.07, 6.45) is 1.15. The summed E-state index contributed by atoms with van der Waals surface area (Å²) in [6, 6.07) is 11.2. The Morgan fingerprint density at radius 1 is 1.16 bits per heavy atom. The van der Waals surface area contributed by atoms with Crippen molar-refractivity contribution in [2.75, 3.05) is 6.54 Å². The Bertz CT molecular complexity index is 527. The SMILES string of the molecule is CCCNC(c1ccc(Br)s1)c1c(C)cccc1C. The molecule has 1 unspecified atom stereocenters. The molecule has 1 heterocycles. The van der Waals surface area contributed by atoms with Crippen molar-refractivity contribution in [1.82, 2.24) is 5.32 Å². The maximum absolute atomic E-state index is 3.69. The summed E-state index contributed by atoms with van der Waals surface area (Å²) >= 11 is 5.38. The van der Waals surface area contributed by atoms with Gasteiger partial charge in [-0.25, -0.2) is 0 Å². The number of thiophene rings is 1. The molecule has 1 atom stereocenters. The van der Waals surface area contributed by atoms with Crippen LogP contribution in [0.5, 0.6) is 0 Å². The van der Waals surface area contributed by atoms with Crippen LogP contribution in [0.2, 0.25) is 0 Å². The van der Waals surface area contributed by atoms with Crippen LogP contribution in [0.3, 0.4) is 0 Å². The summed E-state index contributed by atoms with van der Waals surface area (Å²) in [7, 11) is 0. The number of halogens is 1. The van der Waals surface area contributed by atoms with Gasteiger partial charge in [-0.2, -0.15) is 0 Å². The Morgan fingerprint density at radius 2 is 1.84 bits per heavy atom. The summed E-state index contributed by atoms with van der Waals surface area (Å²) < 4.78 is 1.19. The Hall–Kier alpha value is -0.640. The van der Waals surface area contributed by atoms with E-state index in [-0.39, 0.29) is 0 Å². The Labute approximate surface area is 128 Å². The van der Waals surface area contributed by atoms with Gasteiger partial charge >= 0.3 is 0 Å². The third kappa shape index (κ3) is 3.47. The van der Waals surface area contributed by atoms with Gasteiger partial charge in [0.25, 0.3) is 0 Å². The van der Waals surface area contributed by atoms with Crippen molar-refractivity contribution in [3.8, 4) is 0 Å². The van der Waals surface area contributed by atoms with Crippen molar-refractivity contribution in [2.24, 2.45) is 0 Å². The molecular formula is C16H20BrNS. The summed E-state index contributed by atoms with van der Waals surface area (Å²) in [5.74, 6) is 0. The quantitative estimate of drug-likeness (QED) is 0.788. The minimum Gasteiger partial charge on any atom is -0.306 e. The van der Waals surface area contributed by atoms with Gasteiger partial charge in [0.1, 0.15) is 0 Å². The maximum Gasteiger partial charge on any atom is 0.0702 e. The van der Waals surface area contributed by atoms with Crippen LogP contribution in [0, 0.1) is 13.8 Å². The largest absolute Gasteiger partial charge is 0.306 e. The van der Waals surface area contributed by atoms with E-state index >= 15 is 0 Å². The van der Waals surface area contributed by atoms with Crippen LogP contribution in [0.1, 0.15) is 41.0 Å². The summed E-state index contributed by atoms with van der Waals surface area (Å²) in [5, 5.41) is 3.69. The fourth-order valence-electron chi connectivity index (χ4n) is 2.40. The second-order valence-corrected chi connectivity index (χ2v) is 7.33. The smallest absolute Gasteiger partial charge is 0.0702 e. The molecule has 1 aromatic heterocycles. The third-order valence-electron chi connectivity index (χ3n) is 3.31. The zero-order valence-corrected chi connectivity index (χ0v) is 14.1. The van der Waals surface area contributed by atoms with Crippen molar-refractivity contribution in [2.45, 2.75) is 33.2 Å². The van der Waals surface area contributed by atoms with E-state index in [1.807, 2.05) is 11.3 Å². The van der Waals surface area contributed by atoms with Crippen molar-refractivity contribution >= 4 is 27.3 Å². The molecule has 0 saturated carbocycles. The summed E-state index contributed by atoms with van der Waals surface area (Å²) in [6.45, 7) is 7.64. The molecule has 0 spiro atoms. The predicted molar refractivity (Wildman–Crippen MR) is 88.1 cm³/mol. The standard InChI is InChI=1S/C16H20BrNS/c1-4-10-18-16(13-8-9-14(17)19-13)15-11(2)6-5-7-12(15)3/h5-9,16,18H,4,10H2,1-3H3. The molecular weight excluding hydrogens is 318 g/mol. The monoisotopic (exact) mass is 337 g/mol. The normalized spacial score (nSPS) is 12.6. The van der Waals surface area contributed by atoms with Gasteiger partial charge in [0, 0.05) is 4.88 Å². The van der Waals surface area contributed by atoms with Gasteiger partial charge in [-0.1, -0.05) is 25.1 Å². The number of hydrogen-bond acceptors (Lipinski definition) is 2. The third-order valence-corrected chi connectivity index (χ3v) is 5.00. The molecule has 102 valence electrons. The Morgan fingerprint density at radius 3 is 2.37 bits per heavy atom. The van der Waals surface area contributed by atoms with Crippen LogP contribution in [0.4, 0.5) is 0 Å². The summed E-state index contributed by atoms with van der Waals surface area (Å²) in [4.78, 5) is 1.37. The van der Waals surface area contributed by atoms with Crippen LogP contribution in [-0.2, 0) is 0 Å². The van der Waals surface area contributed by atoms with E-state index in [9.17, 15) is 0 Å². The van der Waals surface area contributed by atoms with Gasteiger partial charge < -0.3 is 5.32 Å². The fraction of sp³-hybridized carbons (Fsp3) is 0.375. The Kier molecular flexibility index (Phi) is 5.20. The maximum atomic E-state index is 3.69. The lowest BCUT2D eigenvalue weighted by atomic mass is 9.95. The minimum absolute atomic E-state index is 0.303. The highest BCUT2D eigenvalue weighted by Gasteiger charge is 2.18. The molecule has 0 amide bonds. The number of benzene rings is 1. The van der Waals surface area contributed by atoms with Gasteiger partial charge in [-0.15, -0.1) is 11.3 Å². The van der Waals surface area contributed by atoms with Crippen LogP contribution >= 0.6 is 27.3 Å². The molecule has 1 nitrogen and oxygen atoms in total. The van der Waals surface area contributed by atoms with Crippen LogP contribution in [0.15, 0.2) is 34.1 Å². The molecule has 3 heteroatoms. The van der Waals surface area contributed by atoms with Gasteiger partial charge in [0.15, 0.2) is 0 Å². The predicted octanol–water partition coefficient (Wildman–Crippen LogP) is 5.22. The first-order valence-corrected chi connectivity index (χ1v) is 8.29. The van der Waals surface area contributed by atoms with E-state index in [2.05, 4.69) is 72.3 Å². The molecule has 0 saturated heterocycles. The second-order valence-electron chi connectivity index (χ2n) is 4.83. The molecule has 0 aliphatic carbocycles. The molecule has 0 aliphatic heterocycles. The fourth-order valence-corrected chi connectivity index (χ4v) is 3.91. The van der Waals surface area contributed by atoms with E-state index < -0.39 is 0 Å². The van der Waals surface area contributed by atoms with Crippen molar-refractivity contribution in [3.63, 3.8) is 0 Å². The van der Waals surface area contributed by atoms with E-state index in [4.69, 9.17) is 0 Å². The first kappa shape index (κ1) is 14.8. The van der Waals surface area contributed by atoms with E-state index in [0.717, 1.165) is 13.0 Å². The summed E-state index contributed by atoms with van der Waals surface area (Å²) in [5.41, 5.74) is 4.14. The van der Waals surface area contributed by atoms with Crippen molar-refractivity contribution < 1.29 is 0 Å². The van der Waals surface area contributed by atoms with Crippen molar-refractivity contribution in [1.29, 1.82) is 0 Å². The molecule has 0 bridgehead atoms. The van der Waals surface area contributed by atoms with Gasteiger partial charge in [0.2, 0.25) is 0 Å². The van der Waals surface area contributed by atoms with E-state index in [1.165, 1.54) is 25.4 Å². The molecule has 0 aliphatic rings. The molecule has 0 fully saturated rings. The lowest BCUT2D eigenvalue weighted by molar-refractivity contribution is 0.601. The average Bonchev–Trinajstić information content (AvgIpc) is 2.79. The molecule has 2 aromatic rings. The second kappa shape index (κ2) is 6.69. The zero-order chi connectivity index (χ0) is 13.8. The van der Waals surface area contributed by atoms with Gasteiger partial charge in [-0.3, -0.25) is 0 Å². The highest BCUT2D eigenvalue weighted by atomic mass is 79.9. The van der Waals surface area contributed by atoms with Crippen molar-refractivity contribution in [3.05, 3.63) is 55.7 Å². The molecule has 1 aromatic carbocycles. The zero-order valence-electron chi connectivity index (χ0n) is 11.7. The molecule has 2 rings (SSSR count). The topological polar surface area (TPSA) is 12.0 Å². The van der Waals surface area contributed by atoms with Crippen LogP contribution in [0.25, 0.3) is 0 Å². The number of hydrogen-bond donors (Lipinski definition) is 1. The molecule has 19 heavy (non-hydrogen) atoms. The van der Waals surface area contributed by atoms with Crippen LogP contribution < -0.4 is 5.32 Å².